The number of halogens is 2. The lowest BCUT2D eigenvalue weighted by molar-refractivity contribution is 1.58. The molecule has 8 heteroatoms. The summed E-state index contributed by atoms with van der Waals surface area (Å²) in [5.41, 5.74) is 5.66. The molecule has 0 unspecified atom stereocenters. The van der Waals surface area contributed by atoms with Crippen molar-refractivity contribution in [1.82, 2.24) is 17.5 Å². The molecule has 0 bridgehead atoms. The monoisotopic (exact) mass is 452 g/mol. The maximum atomic E-state index is 4.37. The van der Waals surface area contributed by atoms with Crippen LogP contribution in [0, 0.1) is 0 Å². The van der Waals surface area contributed by atoms with Gasteiger partial charge in [0.05, 0.1) is 23.5 Å². The summed E-state index contributed by atoms with van der Waals surface area (Å²) in [6.07, 6.45) is 4.08. The molecule has 0 fully saturated rings. The molecular weight excluding hydrogens is 448 g/mol. The van der Waals surface area contributed by atoms with Crippen LogP contribution < -0.4 is 0 Å². The van der Waals surface area contributed by atoms with Gasteiger partial charge in [0.15, 0.2) is 0 Å². The van der Waals surface area contributed by atoms with E-state index in [-0.39, 0.29) is 0 Å². The van der Waals surface area contributed by atoms with Crippen molar-refractivity contribution in [3.63, 3.8) is 0 Å². The molecule has 0 radical (unpaired) electrons. The Kier molecular flexibility index (Phi) is 3.77. The fourth-order valence-electron chi connectivity index (χ4n) is 2.16. The number of nitrogens with zero attached hydrogens (tertiary/aromatic N) is 4. The van der Waals surface area contributed by atoms with Crippen molar-refractivity contribution >= 4 is 89.5 Å². The number of aromatic nitrogens is 4. The number of hydrogen-bond donors (Lipinski definition) is 0. The fraction of sp³-hybridized carbons (Fsp3) is 0. The van der Waals surface area contributed by atoms with E-state index in [4.69, 9.17) is 0 Å². The zero-order valence-corrected chi connectivity index (χ0v) is 15.6. The van der Waals surface area contributed by atoms with Gasteiger partial charge in [-0.2, -0.15) is 17.5 Å². The molecule has 2 aromatic heterocycles. The van der Waals surface area contributed by atoms with Gasteiger partial charge in [0.1, 0.15) is 22.1 Å². The van der Waals surface area contributed by atoms with Crippen molar-refractivity contribution in [1.29, 1.82) is 0 Å². The van der Waals surface area contributed by atoms with Crippen molar-refractivity contribution in [3.8, 4) is 0 Å². The average Bonchev–Trinajstić information content (AvgIpc) is 3.18. The largest absolute Gasteiger partial charge is 0.172 e. The maximum Gasteiger partial charge on any atom is 0.119 e. The highest BCUT2D eigenvalue weighted by molar-refractivity contribution is 9.11. The molecule has 0 saturated heterocycles. The lowest BCUT2D eigenvalue weighted by Gasteiger charge is -1.99. The molecule has 4 aromatic rings. The summed E-state index contributed by atoms with van der Waals surface area (Å²) in [4.78, 5) is 0. The van der Waals surface area contributed by atoms with Crippen LogP contribution in [-0.2, 0) is 0 Å². The Morgan fingerprint density at radius 2 is 1.05 bits per heavy atom. The van der Waals surface area contributed by atoms with Crippen LogP contribution in [0.3, 0.4) is 0 Å². The van der Waals surface area contributed by atoms with E-state index < -0.39 is 0 Å². The van der Waals surface area contributed by atoms with Gasteiger partial charge in [0, 0.05) is 20.1 Å². The highest BCUT2D eigenvalue weighted by Gasteiger charge is 2.09. The molecule has 4 rings (SSSR count). The highest BCUT2D eigenvalue weighted by atomic mass is 79.9. The first-order chi connectivity index (χ1) is 10.7. The van der Waals surface area contributed by atoms with Crippen LogP contribution in [-0.4, -0.2) is 17.5 Å². The van der Waals surface area contributed by atoms with Gasteiger partial charge in [-0.05, 0) is 44.0 Å². The topological polar surface area (TPSA) is 51.6 Å². The molecule has 0 N–H and O–H groups in total. The van der Waals surface area contributed by atoms with Crippen LogP contribution in [0.25, 0.3) is 34.2 Å². The molecule has 0 aliphatic rings. The van der Waals surface area contributed by atoms with Gasteiger partial charge in [-0.1, -0.05) is 24.3 Å². The molecular formula is C14H6Br2N4S2. The Morgan fingerprint density at radius 3 is 1.50 bits per heavy atom. The van der Waals surface area contributed by atoms with E-state index in [1.54, 1.807) is 0 Å². The summed E-state index contributed by atoms with van der Waals surface area (Å²) in [7, 11) is 0. The van der Waals surface area contributed by atoms with Gasteiger partial charge in [0.2, 0.25) is 0 Å². The highest BCUT2D eigenvalue weighted by Crippen LogP contribution is 2.29. The summed E-state index contributed by atoms with van der Waals surface area (Å²) in [5.74, 6) is 0. The van der Waals surface area contributed by atoms with Gasteiger partial charge < -0.3 is 0 Å². The third-order valence-electron chi connectivity index (χ3n) is 3.24. The Balaban J connectivity index is 1.83. The van der Waals surface area contributed by atoms with E-state index in [0.717, 1.165) is 42.1 Å². The van der Waals surface area contributed by atoms with Gasteiger partial charge in [-0.15, -0.1) is 0 Å². The normalized spacial score (nSPS) is 11.9. The Hall–Kier alpha value is -1.22. The summed E-state index contributed by atoms with van der Waals surface area (Å²) in [5, 5.41) is 0. The lowest BCUT2D eigenvalue weighted by atomic mass is 10.1. The van der Waals surface area contributed by atoms with Crippen LogP contribution in [0.4, 0.5) is 0 Å². The zero-order valence-electron chi connectivity index (χ0n) is 10.8. The quantitative estimate of drug-likeness (QED) is 0.381. The molecule has 0 spiro atoms. The Morgan fingerprint density at radius 1 is 0.636 bits per heavy atom. The van der Waals surface area contributed by atoms with E-state index in [0.29, 0.717) is 0 Å². The number of fused-ring (bicyclic) bond motifs is 2. The summed E-state index contributed by atoms with van der Waals surface area (Å²) < 4.78 is 19.3. The third-order valence-corrected chi connectivity index (χ3v) is 5.57. The molecule has 0 aliphatic carbocycles. The molecule has 2 aromatic carbocycles. The molecule has 22 heavy (non-hydrogen) atoms. The third kappa shape index (κ3) is 2.40. The average molecular weight is 454 g/mol. The zero-order chi connectivity index (χ0) is 15.1. The summed E-state index contributed by atoms with van der Waals surface area (Å²) in [6, 6.07) is 8.04. The molecule has 2 heterocycles. The Bertz CT molecular complexity index is 940. The minimum Gasteiger partial charge on any atom is -0.172 e. The van der Waals surface area contributed by atoms with E-state index in [2.05, 4.69) is 49.4 Å². The molecule has 0 aliphatic heterocycles. The first-order valence-electron chi connectivity index (χ1n) is 6.23. The molecule has 0 amide bonds. The lowest BCUT2D eigenvalue weighted by Crippen LogP contribution is -1.81. The Labute approximate surface area is 150 Å². The molecule has 0 atom stereocenters. The van der Waals surface area contributed by atoms with Crippen LogP contribution in [0.5, 0.6) is 0 Å². The predicted octanol–water partition coefficient (Wildman–Crippen LogP) is 5.39. The second-order valence-corrected chi connectivity index (χ2v) is 7.30. The van der Waals surface area contributed by atoms with Crippen LogP contribution in [0.15, 0.2) is 33.2 Å². The van der Waals surface area contributed by atoms with Crippen LogP contribution in [0.2, 0.25) is 0 Å². The molecule has 108 valence electrons. The van der Waals surface area contributed by atoms with Gasteiger partial charge in [0.25, 0.3) is 0 Å². The molecule has 0 saturated carbocycles. The van der Waals surface area contributed by atoms with Gasteiger partial charge >= 0.3 is 0 Å². The van der Waals surface area contributed by atoms with Crippen molar-refractivity contribution in [2.45, 2.75) is 0 Å². The van der Waals surface area contributed by atoms with E-state index in [9.17, 15) is 0 Å². The van der Waals surface area contributed by atoms with Crippen molar-refractivity contribution < 1.29 is 0 Å². The first kappa shape index (κ1) is 14.4. The van der Waals surface area contributed by atoms with Crippen LogP contribution >= 0.6 is 55.3 Å². The summed E-state index contributed by atoms with van der Waals surface area (Å²) in [6.45, 7) is 0. The first-order valence-corrected chi connectivity index (χ1v) is 9.28. The number of hydrogen-bond acceptors (Lipinski definition) is 6. The van der Waals surface area contributed by atoms with E-state index in [1.165, 1.54) is 23.5 Å². The minimum absolute atomic E-state index is 0.892. The van der Waals surface area contributed by atoms with Crippen LogP contribution in [0.1, 0.15) is 11.1 Å². The predicted molar refractivity (Wildman–Crippen MR) is 99.2 cm³/mol. The van der Waals surface area contributed by atoms with Crippen molar-refractivity contribution in [2.75, 3.05) is 0 Å². The second-order valence-electron chi connectivity index (χ2n) is 4.53. The minimum atomic E-state index is 0.892. The molecule has 4 nitrogen and oxygen atoms in total. The standard InChI is InChI=1S/C14H6Br2N4S2/c15-9-5-3-7(11-13(9)19-21-17-11)1-2-8-4-6-10(16)14-12(8)18-22-20-14/h1-6H/b2-1+. The van der Waals surface area contributed by atoms with Gasteiger partial charge in [-0.3, -0.25) is 0 Å². The van der Waals surface area contributed by atoms with E-state index in [1.807, 2.05) is 36.4 Å². The number of benzene rings is 2. The second kappa shape index (κ2) is 5.77. The van der Waals surface area contributed by atoms with Crippen molar-refractivity contribution in [3.05, 3.63) is 44.3 Å². The summed E-state index contributed by atoms with van der Waals surface area (Å²) >= 11 is 9.43. The van der Waals surface area contributed by atoms with Crippen molar-refractivity contribution in [2.24, 2.45) is 0 Å². The fourth-order valence-corrected chi connectivity index (χ4v) is 4.37. The van der Waals surface area contributed by atoms with Gasteiger partial charge in [-0.25, -0.2) is 0 Å². The maximum absolute atomic E-state index is 4.37. The smallest absolute Gasteiger partial charge is 0.119 e. The van der Waals surface area contributed by atoms with E-state index >= 15 is 0 Å². The SMILES string of the molecule is Brc1ccc(/C=C/c2ccc(Br)c3nsnc23)c2nsnc12. The number of rotatable bonds is 2.